The van der Waals surface area contributed by atoms with E-state index in [0.29, 0.717) is 0 Å². The van der Waals surface area contributed by atoms with Gasteiger partial charge in [0.15, 0.2) is 0 Å². The molecule has 0 saturated heterocycles. The standard InChI is InChI=1S/C19H16F3N3O3S/c1-12-5-3-4-6-15(12)11-29(2,27)25-17(26)14-9-7-13(8-10-14)16-23-18(28-24-16)19(20,21)22/h3-10H,11H2,1-2H3. The van der Waals surface area contributed by atoms with Crippen LogP contribution in [0.2, 0.25) is 0 Å². The normalized spacial score (nSPS) is 13.7. The average molecular weight is 423 g/mol. The number of aryl methyl sites for hydroxylation is 1. The van der Waals surface area contributed by atoms with E-state index >= 15 is 0 Å². The van der Waals surface area contributed by atoms with Crippen molar-refractivity contribution in [3.8, 4) is 11.4 Å². The molecule has 1 heterocycles. The second kappa shape index (κ2) is 7.78. The van der Waals surface area contributed by atoms with Gasteiger partial charge < -0.3 is 4.52 Å². The highest BCUT2D eigenvalue weighted by Crippen LogP contribution is 2.29. The van der Waals surface area contributed by atoms with E-state index in [-0.39, 0.29) is 22.7 Å². The highest BCUT2D eigenvalue weighted by Gasteiger charge is 2.38. The molecule has 6 nitrogen and oxygen atoms in total. The van der Waals surface area contributed by atoms with Crippen LogP contribution in [0.5, 0.6) is 0 Å². The van der Waals surface area contributed by atoms with Crippen molar-refractivity contribution in [2.45, 2.75) is 18.9 Å². The number of carbonyl (C=O) groups is 1. The van der Waals surface area contributed by atoms with E-state index in [1.54, 1.807) is 0 Å². The smallest absolute Gasteiger partial charge is 0.329 e. The molecule has 1 atom stereocenters. The first-order chi connectivity index (χ1) is 13.5. The van der Waals surface area contributed by atoms with Crippen molar-refractivity contribution >= 4 is 15.6 Å². The molecule has 152 valence electrons. The fourth-order valence-electron chi connectivity index (χ4n) is 2.54. The van der Waals surface area contributed by atoms with Gasteiger partial charge in [-0.15, -0.1) is 0 Å². The Bertz CT molecular complexity index is 1160. The molecule has 0 fully saturated rings. The molecule has 1 unspecified atom stereocenters. The van der Waals surface area contributed by atoms with Crippen molar-refractivity contribution < 1.29 is 26.7 Å². The number of benzene rings is 2. The van der Waals surface area contributed by atoms with Gasteiger partial charge in [0, 0.05) is 17.4 Å². The molecule has 0 bridgehead atoms. The van der Waals surface area contributed by atoms with Crippen LogP contribution in [0.4, 0.5) is 13.2 Å². The SMILES string of the molecule is Cc1ccccc1CS(C)(=O)=NC(=O)c1ccc(-c2noc(C(F)(F)F)n2)cc1. The van der Waals surface area contributed by atoms with Crippen LogP contribution in [0.25, 0.3) is 11.4 Å². The summed E-state index contributed by atoms with van der Waals surface area (Å²) in [5, 5.41) is 3.28. The van der Waals surface area contributed by atoms with Gasteiger partial charge in [-0.2, -0.15) is 22.5 Å². The Balaban J connectivity index is 1.79. The molecule has 0 spiro atoms. The van der Waals surface area contributed by atoms with Gasteiger partial charge in [0.05, 0.1) is 15.5 Å². The number of alkyl halides is 3. The Morgan fingerprint density at radius 1 is 1.14 bits per heavy atom. The first-order valence-electron chi connectivity index (χ1n) is 8.35. The molecule has 1 aromatic heterocycles. The zero-order valence-corrected chi connectivity index (χ0v) is 16.3. The summed E-state index contributed by atoms with van der Waals surface area (Å²) in [6, 6.07) is 12.8. The number of hydrogen-bond acceptors (Lipinski definition) is 5. The maximum absolute atomic E-state index is 12.8. The topological polar surface area (TPSA) is 85.4 Å². The molecule has 0 saturated carbocycles. The maximum atomic E-state index is 12.8. The molecule has 0 aliphatic carbocycles. The van der Waals surface area contributed by atoms with Crippen molar-refractivity contribution in [1.82, 2.24) is 10.1 Å². The number of amides is 1. The summed E-state index contributed by atoms with van der Waals surface area (Å²) in [4.78, 5) is 15.7. The Kier molecular flexibility index (Phi) is 5.56. The van der Waals surface area contributed by atoms with E-state index in [1.165, 1.54) is 30.5 Å². The predicted molar refractivity (Wildman–Crippen MR) is 100 cm³/mol. The van der Waals surface area contributed by atoms with Gasteiger partial charge in [0.2, 0.25) is 5.82 Å². The number of halogens is 3. The molecule has 1 amide bonds. The fourth-order valence-corrected chi connectivity index (χ4v) is 3.96. The second-order valence-corrected chi connectivity index (χ2v) is 8.81. The van der Waals surface area contributed by atoms with Gasteiger partial charge in [-0.3, -0.25) is 4.79 Å². The van der Waals surface area contributed by atoms with Gasteiger partial charge in [-0.1, -0.05) is 41.6 Å². The highest BCUT2D eigenvalue weighted by molar-refractivity contribution is 7.92. The third-order valence-electron chi connectivity index (χ3n) is 4.02. The van der Waals surface area contributed by atoms with Crippen molar-refractivity contribution in [3.05, 3.63) is 71.1 Å². The zero-order chi connectivity index (χ0) is 21.2. The monoisotopic (exact) mass is 423 g/mol. The number of carbonyl (C=O) groups excluding carboxylic acids is 1. The van der Waals surface area contributed by atoms with Crippen LogP contribution in [0.15, 0.2) is 57.4 Å². The van der Waals surface area contributed by atoms with Crippen LogP contribution in [0.3, 0.4) is 0 Å². The molecule has 0 aliphatic rings. The van der Waals surface area contributed by atoms with Gasteiger partial charge in [0.1, 0.15) is 0 Å². The van der Waals surface area contributed by atoms with Crippen LogP contribution in [-0.4, -0.2) is 26.5 Å². The Labute approximate surface area is 164 Å². The molecular formula is C19H16F3N3O3S. The summed E-state index contributed by atoms with van der Waals surface area (Å²) in [6.07, 6.45) is -3.33. The van der Waals surface area contributed by atoms with E-state index in [0.717, 1.165) is 11.1 Å². The predicted octanol–water partition coefficient (Wildman–Crippen LogP) is 4.50. The van der Waals surface area contributed by atoms with Crippen molar-refractivity contribution in [2.75, 3.05) is 6.26 Å². The van der Waals surface area contributed by atoms with Crippen LogP contribution >= 0.6 is 0 Å². The lowest BCUT2D eigenvalue weighted by Crippen LogP contribution is -2.07. The summed E-state index contributed by atoms with van der Waals surface area (Å²) in [5.41, 5.74) is 2.17. The summed E-state index contributed by atoms with van der Waals surface area (Å²) in [7, 11) is -2.82. The molecule has 2 aromatic carbocycles. The molecule has 0 radical (unpaired) electrons. The summed E-state index contributed by atoms with van der Waals surface area (Å²) in [5.74, 6) is -2.26. The Morgan fingerprint density at radius 2 is 1.79 bits per heavy atom. The van der Waals surface area contributed by atoms with Gasteiger partial charge in [-0.25, -0.2) is 4.21 Å². The lowest BCUT2D eigenvalue weighted by atomic mass is 10.1. The van der Waals surface area contributed by atoms with Crippen molar-refractivity contribution in [3.63, 3.8) is 0 Å². The average Bonchev–Trinajstić information content (AvgIpc) is 3.14. The number of rotatable bonds is 4. The number of nitrogens with zero attached hydrogens (tertiary/aromatic N) is 3. The van der Waals surface area contributed by atoms with Crippen LogP contribution in [-0.2, 0) is 21.7 Å². The molecule has 3 rings (SSSR count). The largest absolute Gasteiger partial charge is 0.471 e. The lowest BCUT2D eigenvalue weighted by molar-refractivity contribution is -0.159. The first kappa shape index (κ1) is 20.7. The molecule has 29 heavy (non-hydrogen) atoms. The van der Waals surface area contributed by atoms with E-state index in [9.17, 15) is 22.2 Å². The Morgan fingerprint density at radius 3 is 2.38 bits per heavy atom. The number of hydrogen-bond donors (Lipinski definition) is 0. The fraction of sp³-hybridized carbons (Fsp3) is 0.211. The minimum absolute atomic E-state index is 0.132. The summed E-state index contributed by atoms with van der Waals surface area (Å²) in [6.45, 7) is 1.88. The second-order valence-electron chi connectivity index (χ2n) is 6.42. The van der Waals surface area contributed by atoms with Crippen molar-refractivity contribution in [1.29, 1.82) is 0 Å². The Hall–Kier alpha value is -3.01. The molecule has 0 N–H and O–H groups in total. The van der Waals surface area contributed by atoms with E-state index < -0.39 is 27.7 Å². The van der Waals surface area contributed by atoms with E-state index in [2.05, 4.69) is 19.0 Å². The summed E-state index contributed by atoms with van der Waals surface area (Å²) >= 11 is 0. The summed E-state index contributed by atoms with van der Waals surface area (Å²) < 4.78 is 58.4. The zero-order valence-electron chi connectivity index (χ0n) is 15.4. The lowest BCUT2D eigenvalue weighted by Gasteiger charge is -2.07. The minimum atomic E-state index is -4.74. The van der Waals surface area contributed by atoms with E-state index in [1.807, 2.05) is 31.2 Å². The molecule has 10 heteroatoms. The van der Waals surface area contributed by atoms with Crippen LogP contribution < -0.4 is 0 Å². The molecule has 3 aromatic rings. The van der Waals surface area contributed by atoms with Gasteiger partial charge in [0.25, 0.3) is 5.91 Å². The van der Waals surface area contributed by atoms with Gasteiger partial charge in [-0.05, 0) is 30.2 Å². The molecular weight excluding hydrogens is 407 g/mol. The van der Waals surface area contributed by atoms with Crippen molar-refractivity contribution in [2.24, 2.45) is 4.36 Å². The quantitative estimate of drug-likeness (QED) is 0.617. The van der Waals surface area contributed by atoms with E-state index in [4.69, 9.17) is 0 Å². The van der Waals surface area contributed by atoms with Crippen LogP contribution in [0.1, 0.15) is 27.4 Å². The number of aromatic nitrogens is 2. The first-order valence-corrected chi connectivity index (χ1v) is 10.4. The van der Waals surface area contributed by atoms with Crippen LogP contribution in [0, 0.1) is 6.92 Å². The minimum Gasteiger partial charge on any atom is -0.329 e. The third-order valence-corrected chi connectivity index (χ3v) is 5.42. The molecule has 0 aliphatic heterocycles. The van der Waals surface area contributed by atoms with Gasteiger partial charge >= 0.3 is 12.1 Å². The third kappa shape index (κ3) is 5.08. The maximum Gasteiger partial charge on any atom is 0.471 e. The highest BCUT2D eigenvalue weighted by atomic mass is 32.2.